The highest BCUT2D eigenvalue weighted by molar-refractivity contribution is 5.92. The van der Waals surface area contributed by atoms with Crippen LogP contribution in [-0.4, -0.2) is 27.3 Å². The number of hydrogen-bond acceptors (Lipinski definition) is 4. The zero-order chi connectivity index (χ0) is 20.6. The summed E-state index contributed by atoms with van der Waals surface area (Å²) in [5.41, 5.74) is 7.06. The number of nitrogens with one attached hydrogen (secondary N) is 1. The minimum absolute atomic E-state index is 0.179. The maximum absolute atomic E-state index is 12.7. The maximum Gasteiger partial charge on any atom is 0.416 e. The van der Waals surface area contributed by atoms with Gasteiger partial charge in [-0.3, -0.25) is 4.79 Å². The molecule has 2 heterocycles. The predicted octanol–water partition coefficient (Wildman–Crippen LogP) is 4.00. The molecule has 0 aliphatic carbocycles. The summed E-state index contributed by atoms with van der Waals surface area (Å²) in [6, 6.07) is 9.98. The van der Waals surface area contributed by atoms with Crippen LogP contribution in [0.4, 0.5) is 19.1 Å². The van der Waals surface area contributed by atoms with Gasteiger partial charge in [0, 0.05) is 19.3 Å². The lowest BCUT2D eigenvalue weighted by Crippen LogP contribution is -2.36. The molecule has 0 spiro atoms. The topological polar surface area (TPSA) is 84.2 Å². The third-order valence-electron chi connectivity index (χ3n) is 4.71. The number of rotatable bonds is 3. The van der Waals surface area contributed by atoms with Crippen LogP contribution in [0.2, 0.25) is 0 Å². The molecule has 1 aromatic heterocycles. The Morgan fingerprint density at radius 1 is 1.10 bits per heavy atom. The molecule has 150 valence electrons. The van der Waals surface area contributed by atoms with Gasteiger partial charge in [0.25, 0.3) is 5.91 Å². The van der Waals surface area contributed by atoms with Crippen LogP contribution in [0.1, 0.15) is 27.2 Å². The molecular formula is C20H17F3N4O2. The van der Waals surface area contributed by atoms with E-state index in [1.54, 1.807) is 17.0 Å². The first-order valence-corrected chi connectivity index (χ1v) is 8.87. The SMILES string of the molecule is Nc1nc(C(=O)N2CCc3ccc(Oc4ccc(C(F)(F)F)cc4)cc3C2)c[nH]1. The number of hydrogen-bond donors (Lipinski definition) is 2. The van der Waals surface area contributed by atoms with Gasteiger partial charge in [0.15, 0.2) is 5.95 Å². The van der Waals surface area contributed by atoms with Gasteiger partial charge in [-0.1, -0.05) is 6.07 Å². The highest BCUT2D eigenvalue weighted by Gasteiger charge is 2.30. The van der Waals surface area contributed by atoms with Crippen LogP contribution < -0.4 is 10.5 Å². The van der Waals surface area contributed by atoms with Crippen molar-refractivity contribution in [1.82, 2.24) is 14.9 Å². The number of carbonyl (C=O) groups is 1. The fourth-order valence-corrected chi connectivity index (χ4v) is 3.23. The first-order valence-electron chi connectivity index (χ1n) is 8.87. The molecule has 1 amide bonds. The van der Waals surface area contributed by atoms with Gasteiger partial charge in [-0.2, -0.15) is 13.2 Å². The number of nitrogens with two attached hydrogens (primary N) is 1. The molecule has 0 fully saturated rings. The largest absolute Gasteiger partial charge is 0.457 e. The summed E-state index contributed by atoms with van der Waals surface area (Å²) < 4.78 is 43.7. The van der Waals surface area contributed by atoms with Crippen molar-refractivity contribution in [3.8, 4) is 11.5 Å². The molecule has 4 rings (SSSR count). The number of aromatic nitrogens is 2. The second-order valence-electron chi connectivity index (χ2n) is 6.70. The molecule has 0 atom stereocenters. The summed E-state index contributed by atoms with van der Waals surface area (Å²) in [6.45, 7) is 0.933. The third-order valence-corrected chi connectivity index (χ3v) is 4.71. The molecular weight excluding hydrogens is 385 g/mol. The van der Waals surface area contributed by atoms with Crippen LogP contribution in [0.15, 0.2) is 48.7 Å². The Morgan fingerprint density at radius 2 is 1.83 bits per heavy atom. The Balaban J connectivity index is 1.49. The summed E-state index contributed by atoms with van der Waals surface area (Å²) in [6.07, 6.45) is -2.24. The molecule has 9 heteroatoms. The number of aromatic amines is 1. The van der Waals surface area contributed by atoms with Crippen molar-refractivity contribution in [3.05, 3.63) is 71.0 Å². The van der Waals surface area contributed by atoms with Gasteiger partial charge < -0.3 is 20.4 Å². The zero-order valence-corrected chi connectivity index (χ0v) is 15.2. The summed E-state index contributed by atoms with van der Waals surface area (Å²) in [4.78, 5) is 20.9. The number of benzene rings is 2. The fourth-order valence-electron chi connectivity index (χ4n) is 3.23. The van der Waals surface area contributed by atoms with Crippen LogP contribution >= 0.6 is 0 Å². The number of ether oxygens (including phenoxy) is 1. The number of alkyl halides is 3. The number of amides is 1. The fraction of sp³-hybridized carbons (Fsp3) is 0.200. The molecule has 1 aliphatic heterocycles. The van der Waals surface area contributed by atoms with Gasteiger partial charge in [-0.15, -0.1) is 0 Å². The highest BCUT2D eigenvalue weighted by Crippen LogP contribution is 2.32. The quantitative estimate of drug-likeness (QED) is 0.694. The van der Waals surface area contributed by atoms with Gasteiger partial charge in [0.2, 0.25) is 0 Å². The van der Waals surface area contributed by atoms with E-state index in [0.29, 0.717) is 31.0 Å². The Hall–Kier alpha value is -3.49. The van der Waals surface area contributed by atoms with E-state index in [4.69, 9.17) is 10.5 Å². The Labute approximate surface area is 164 Å². The van der Waals surface area contributed by atoms with Crippen molar-refractivity contribution < 1.29 is 22.7 Å². The van der Waals surface area contributed by atoms with Crippen LogP contribution in [0.3, 0.4) is 0 Å². The number of nitrogen functional groups attached to an aromatic ring is 1. The molecule has 6 nitrogen and oxygen atoms in total. The van der Waals surface area contributed by atoms with Crippen LogP contribution in [0.25, 0.3) is 0 Å². The van der Waals surface area contributed by atoms with Crippen molar-refractivity contribution in [2.24, 2.45) is 0 Å². The first-order chi connectivity index (χ1) is 13.8. The van der Waals surface area contributed by atoms with Gasteiger partial charge in [-0.25, -0.2) is 4.98 Å². The number of H-pyrrole nitrogens is 1. The second-order valence-corrected chi connectivity index (χ2v) is 6.70. The lowest BCUT2D eigenvalue weighted by Gasteiger charge is -2.28. The minimum Gasteiger partial charge on any atom is -0.457 e. The van der Waals surface area contributed by atoms with Crippen molar-refractivity contribution in [3.63, 3.8) is 0 Å². The first kappa shape index (κ1) is 18.9. The average Bonchev–Trinajstić information content (AvgIpc) is 3.13. The molecule has 0 saturated carbocycles. The van der Waals surface area contributed by atoms with E-state index in [9.17, 15) is 18.0 Å². The molecule has 0 radical (unpaired) electrons. The molecule has 29 heavy (non-hydrogen) atoms. The van der Waals surface area contributed by atoms with E-state index in [1.807, 2.05) is 6.07 Å². The van der Waals surface area contributed by atoms with E-state index in [2.05, 4.69) is 9.97 Å². The van der Waals surface area contributed by atoms with E-state index in [1.165, 1.54) is 18.3 Å². The van der Waals surface area contributed by atoms with Crippen molar-refractivity contribution >= 4 is 11.9 Å². The lowest BCUT2D eigenvalue weighted by atomic mass is 9.99. The number of carbonyl (C=O) groups excluding carboxylic acids is 1. The normalized spacial score (nSPS) is 13.8. The van der Waals surface area contributed by atoms with Gasteiger partial charge in [0.05, 0.1) is 5.56 Å². The van der Waals surface area contributed by atoms with Crippen LogP contribution in [-0.2, 0) is 19.1 Å². The summed E-state index contributed by atoms with van der Waals surface area (Å²) in [5, 5.41) is 0. The average molecular weight is 402 g/mol. The molecule has 3 aromatic rings. The lowest BCUT2D eigenvalue weighted by molar-refractivity contribution is -0.137. The molecule has 1 aliphatic rings. The van der Waals surface area contributed by atoms with Crippen molar-refractivity contribution in [2.75, 3.05) is 12.3 Å². The third kappa shape index (κ3) is 4.03. The van der Waals surface area contributed by atoms with E-state index < -0.39 is 11.7 Å². The number of imidazole rings is 1. The summed E-state index contributed by atoms with van der Waals surface area (Å²) in [5.74, 6) is 0.742. The minimum atomic E-state index is -4.39. The number of fused-ring (bicyclic) bond motifs is 1. The molecule has 3 N–H and O–H groups in total. The van der Waals surface area contributed by atoms with E-state index in [0.717, 1.165) is 23.3 Å². The number of nitrogens with zero attached hydrogens (tertiary/aromatic N) is 2. The molecule has 0 saturated heterocycles. The van der Waals surface area contributed by atoms with E-state index in [-0.39, 0.29) is 17.5 Å². The zero-order valence-electron chi connectivity index (χ0n) is 15.2. The Bertz CT molecular complexity index is 1040. The number of halogens is 3. The van der Waals surface area contributed by atoms with E-state index >= 15 is 0 Å². The van der Waals surface area contributed by atoms with Crippen LogP contribution in [0.5, 0.6) is 11.5 Å². The van der Waals surface area contributed by atoms with Gasteiger partial charge in [-0.05, 0) is 53.9 Å². The van der Waals surface area contributed by atoms with Crippen molar-refractivity contribution in [1.29, 1.82) is 0 Å². The molecule has 0 bridgehead atoms. The van der Waals surface area contributed by atoms with Gasteiger partial charge in [0.1, 0.15) is 17.2 Å². The van der Waals surface area contributed by atoms with Crippen LogP contribution in [0, 0.1) is 0 Å². The monoisotopic (exact) mass is 402 g/mol. The second kappa shape index (κ2) is 7.16. The highest BCUT2D eigenvalue weighted by atomic mass is 19.4. The maximum atomic E-state index is 12.7. The van der Waals surface area contributed by atoms with Crippen molar-refractivity contribution in [2.45, 2.75) is 19.1 Å². The standard InChI is InChI=1S/C20H17F3N4O2/c21-20(22,23)14-2-5-15(6-3-14)29-16-4-1-12-7-8-27(11-13(12)9-16)18(28)17-10-25-19(24)26-17/h1-6,9-10H,7-8,11H2,(H3,24,25,26). The summed E-state index contributed by atoms with van der Waals surface area (Å²) in [7, 11) is 0. The van der Waals surface area contributed by atoms with Gasteiger partial charge >= 0.3 is 6.18 Å². The predicted molar refractivity (Wildman–Crippen MR) is 99.4 cm³/mol. The Kier molecular flexibility index (Phi) is 4.65. The molecule has 2 aromatic carbocycles. The molecule has 0 unspecified atom stereocenters. The Morgan fingerprint density at radius 3 is 2.48 bits per heavy atom. The smallest absolute Gasteiger partial charge is 0.416 e. The number of anilines is 1. The summed E-state index contributed by atoms with van der Waals surface area (Å²) >= 11 is 0.